The van der Waals surface area contributed by atoms with E-state index in [0.717, 1.165) is 37.7 Å². The molecule has 2 heterocycles. The number of ether oxygens (including phenoxy) is 1. The zero-order valence-electron chi connectivity index (χ0n) is 14.8. The maximum Gasteiger partial charge on any atom is 0.251 e. The van der Waals surface area contributed by atoms with Crippen molar-refractivity contribution in [2.24, 2.45) is 0 Å². The molecule has 1 N–H and O–H groups in total. The monoisotopic (exact) mass is 331 g/mol. The number of rotatable bonds is 4. The van der Waals surface area contributed by atoms with Crippen LogP contribution < -0.4 is 10.1 Å². The van der Waals surface area contributed by atoms with Gasteiger partial charge < -0.3 is 19.9 Å². The second-order valence-corrected chi connectivity index (χ2v) is 6.99. The Kier molecular flexibility index (Phi) is 5.74. The summed E-state index contributed by atoms with van der Waals surface area (Å²) in [6.07, 6.45) is 4.96. The summed E-state index contributed by atoms with van der Waals surface area (Å²) in [7, 11) is 3.86. The Labute approximate surface area is 145 Å². The molecule has 2 fully saturated rings. The number of amides is 1. The molecule has 0 bridgehead atoms. The van der Waals surface area contributed by atoms with Gasteiger partial charge >= 0.3 is 0 Å². The average molecular weight is 331 g/mol. The number of piperidine rings is 2. The van der Waals surface area contributed by atoms with Gasteiger partial charge in [-0.3, -0.25) is 4.79 Å². The molecule has 2 saturated heterocycles. The Bertz CT molecular complexity index is 547. The highest BCUT2D eigenvalue weighted by molar-refractivity contribution is 5.94. The fraction of sp³-hybridized carbons (Fsp3) is 0.632. The predicted molar refractivity (Wildman–Crippen MR) is 95.6 cm³/mol. The van der Waals surface area contributed by atoms with Gasteiger partial charge in [0.2, 0.25) is 0 Å². The first kappa shape index (κ1) is 17.2. The summed E-state index contributed by atoms with van der Waals surface area (Å²) >= 11 is 0. The molecule has 5 nitrogen and oxygen atoms in total. The van der Waals surface area contributed by atoms with Gasteiger partial charge in [-0.2, -0.15) is 0 Å². The summed E-state index contributed by atoms with van der Waals surface area (Å²) in [5.41, 5.74) is 0.652. The van der Waals surface area contributed by atoms with Gasteiger partial charge in [-0.25, -0.2) is 0 Å². The molecule has 5 heteroatoms. The molecular formula is C19H29N3O2. The number of carbonyl (C=O) groups excluding carboxylic acids is 1. The number of hydrogen-bond acceptors (Lipinski definition) is 4. The molecular weight excluding hydrogens is 302 g/mol. The van der Waals surface area contributed by atoms with Crippen LogP contribution in [0.5, 0.6) is 5.75 Å². The molecule has 2 aliphatic heterocycles. The van der Waals surface area contributed by atoms with Gasteiger partial charge in [0, 0.05) is 31.7 Å². The van der Waals surface area contributed by atoms with Crippen LogP contribution in [0.4, 0.5) is 0 Å². The fourth-order valence-electron chi connectivity index (χ4n) is 3.77. The summed E-state index contributed by atoms with van der Waals surface area (Å²) in [5.74, 6) is 0.728. The molecule has 0 aliphatic carbocycles. The first-order valence-corrected chi connectivity index (χ1v) is 9.07. The number of hydrogen-bond donors (Lipinski definition) is 1. The van der Waals surface area contributed by atoms with Gasteiger partial charge in [0.05, 0.1) is 0 Å². The molecule has 2 aliphatic rings. The third-order valence-corrected chi connectivity index (χ3v) is 5.31. The van der Waals surface area contributed by atoms with Gasteiger partial charge in [-0.15, -0.1) is 0 Å². The van der Waals surface area contributed by atoms with Crippen LogP contribution in [0.25, 0.3) is 0 Å². The number of nitrogens with zero attached hydrogens (tertiary/aromatic N) is 2. The van der Waals surface area contributed by atoms with Crippen LogP contribution in [0.15, 0.2) is 24.3 Å². The second-order valence-electron chi connectivity index (χ2n) is 6.99. The van der Waals surface area contributed by atoms with E-state index in [2.05, 4.69) is 22.2 Å². The lowest BCUT2D eigenvalue weighted by atomic mass is 9.99. The lowest BCUT2D eigenvalue weighted by Crippen LogP contribution is -2.48. The SMILES string of the molecule is CNC(=O)c1cccc(OC2CCN(C3CCN(C)CC3)CC2)c1. The van der Waals surface area contributed by atoms with Crippen LogP contribution in [-0.2, 0) is 0 Å². The zero-order valence-corrected chi connectivity index (χ0v) is 14.8. The average Bonchev–Trinajstić information content (AvgIpc) is 2.63. The fourth-order valence-corrected chi connectivity index (χ4v) is 3.77. The van der Waals surface area contributed by atoms with Gasteiger partial charge in [0.15, 0.2) is 0 Å². The van der Waals surface area contributed by atoms with Crippen LogP contribution >= 0.6 is 0 Å². The van der Waals surface area contributed by atoms with E-state index in [1.807, 2.05) is 24.3 Å². The zero-order chi connectivity index (χ0) is 16.9. The number of likely N-dealkylation sites (tertiary alicyclic amines) is 2. The summed E-state index contributed by atoms with van der Waals surface area (Å²) in [5, 5.41) is 2.65. The van der Waals surface area contributed by atoms with Crippen molar-refractivity contribution < 1.29 is 9.53 Å². The van der Waals surface area contributed by atoms with Crippen molar-refractivity contribution in [1.29, 1.82) is 0 Å². The van der Waals surface area contributed by atoms with E-state index in [0.29, 0.717) is 5.56 Å². The van der Waals surface area contributed by atoms with Gasteiger partial charge in [-0.05, 0) is 64.0 Å². The van der Waals surface area contributed by atoms with Crippen molar-refractivity contribution in [3.05, 3.63) is 29.8 Å². The summed E-state index contributed by atoms with van der Waals surface area (Å²) in [6.45, 7) is 4.67. The quantitative estimate of drug-likeness (QED) is 0.916. The minimum Gasteiger partial charge on any atom is -0.490 e. The van der Waals surface area contributed by atoms with E-state index in [-0.39, 0.29) is 12.0 Å². The lowest BCUT2D eigenvalue weighted by molar-refractivity contribution is 0.0525. The van der Waals surface area contributed by atoms with Gasteiger partial charge in [-0.1, -0.05) is 6.07 Å². The van der Waals surface area contributed by atoms with Crippen LogP contribution in [0.1, 0.15) is 36.0 Å². The normalized spacial score (nSPS) is 21.6. The van der Waals surface area contributed by atoms with Crippen LogP contribution in [0.3, 0.4) is 0 Å². The van der Waals surface area contributed by atoms with Crippen molar-refractivity contribution >= 4 is 5.91 Å². The van der Waals surface area contributed by atoms with E-state index >= 15 is 0 Å². The van der Waals surface area contributed by atoms with E-state index in [1.165, 1.54) is 25.9 Å². The molecule has 0 radical (unpaired) electrons. The highest BCUT2D eigenvalue weighted by Crippen LogP contribution is 2.24. The highest BCUT2D eigenvalue weighted by Gasteiger charge is 2.28. The molecule has 1 aromatic rings. The molecule has 0 aromatic heterocycles. The van der Waals surface area contributed by atoms with Crippen molar-refractivity contribution in [3.8, 4) is 5.75 Å². The molecule has 0 atom stereocenters. The first-order valence-electron chi connectivity index (χ1n) is 9.07. The van der Waals surface area contributed by atoms with E-state index in [9.17, 15) is 4.79 Å². The van der Waals surface area contributed by atoms with E-state index in [4.69, 9.17) is 4.74 Å². The van der Waals surface area contributed by atoms with E-state index in [1.54, 1.807) is 7.05 Å². The maximum atomic E-state index is 11.7. The van der Waals surface area contributed by atoms with Crippen molar-refractivity contribution in [1.82, 2.24) is 15.1 Å². The summed E-state index contributed by atoms with van der Waals surface area (Å²) < 4.78 is 6.13. The van der Waals surface area contributed by atoms with Crippen LogP contribution in [0, 0.1) is 0 Å². The Hall–Kier alpha value is -1.59. The van der Waals surface area contributed by atoms with Gasteiger partial charge in [0.25, 0.3) is 5.91 Å². The van der Waals surface area contributed by atoms with Crippen LogP contribution in [0.2, 0.25) is 0 Å². The molecule has 1 aromatic carbocycles. The minimum atomic E-state index is -0.0717. The summed E-state index contributed by atoms with van der Waals surface area (Å²) in [4.78, 5) is 16.8. The number of nitrogens with one attached hydrogen (secondary N) is 1. The largest absolute Gasteiger partial charge is 0.490 e. The lowest BCUT2D eigenvalue weighted by Gasteiger charge is -2.41. The van der Waals surface area contributed by atoms with E-state index < -0.39 is 0 Å². The summed E-state index contributed by atoms with van der Waals surface area (Å²) in [6, 6.07) is 8.22. The molecule has 3 rings (SSSR count). The molecule has 0 saturated carbocycles. The van der Waals surface area contributed by atoms with Crippen molar-refractivity contribution in [2.45, 2.75) is 37.8 Å². The smallest absolute Gasteiger partial charge is 0.251 e. The molecule has 0 unspecified atom stereocenters. The molecule has 1 amide bonds. The third-order valence-electron chi connectivity index (χ3n) is 5.31. The topological polar surface area (TPSA) is 44.8 Å². The predicted octanol–water partition coefficient (Wildman–Crippen LogP) is 1.98. The molecule has 0 spiro atoms. The Balaban J connectivity index is 1.49. The van der Waals surface area contributed by atoms with Gasteiger partial charge in [0.1, 0.15) is 11.9 Å². The highest BCUT2D eigenvalue weighted by atomic mass is 16.5. The minimum absolute atomic E-state index is 0.0717. The Morgan fingerprint density at radius 2 is 1.83 bits per heavy atom. The second kappa shape index (κ2) is 7.99. The maximum absolute atomic E-state index is 11.7. The first-order chi connectivity index (χ1) is 11.7. The van der Waals surface area contributed by atoms with Crippen molar-refractivity contribution in [3.63, 3.8) is 0 Å². The molecule has 24 heavy (non-hydrogen) atoms. The number of carbonyl (C=O) groups is 1. The van der Waals surface area contributed by atoms with Crippen molar-refractivity contribution in [2.75, 3.05) is 40.3 Å². The third kappa shape index (κ3) is 4.28. The van der Waals surface area contributed by atoms with Crippen LogP contribution in [-0.4, -0.2) is 68.1 Å². The number of benzene rings is 1. The molecule has 132 valence electrons. The standard InChI is InChI=1S/C19H29N3O2/c1-20-19(23)15-4-3-5-18(14-15)24-17-8-12-22(13-9-17)16-6-10-21(2)11-7-16/h3-5,14,16-17H,6-13H2,1-2H3,(H,20,23). The Morgan fingerprint density at radius 1 is 1.12 bits per heavy atom. The Morgan fingerprint density at radius 3 is 2.50 bits per heavy atom.